The van der Waals surface area contributed by atoms with E-state index in [2.05, 4.69) is 29.2 Å². The second kappa shape index (κ2) is 3.40. The number of nitrogens with zero attached hydrogens (tertiary/aromatic N) is 1. The zero-order chi connectivity index (χ0) is 11.2. The smallest absolute Gasteiger partial charge is 0.0801 e. The largest absolute Gasteiger partial charge is 0.321 e. The summed E-state index contributed by atoms with van der Waals surface area (Å²) >= 11 is 1.69. The summed E-state index contributed by atoms with van der Waals surface area (Å²) in [4.78, 5) is 5.53. The van der Waals surface area contributed by atoms with Crippen LogP contribution in [-0.4, -0.2) is 4.98 Å². The van der Waals surface area contributed by atoms with Gasteiger partial charge in [0.1, 0.15) is 0 Å². The first-order valence-electron chi connectivity index (χ1n) is 5.49. The summed E-state index contributed by atoms with van der Waals surface area (Å²) in [6.07, 6.45) is 2.23. The van der Waals surface area contributed by atoms with E-state index in [1.165, 1.54) is 16.0 Å². The Hall–Kier alpha value is -1.19. The van der Waals surface area contributed by atoms with Gasteiger partial charge >= 0.3 is 0 Å². The van der Waals surface area contributed by atoms with Gasteiger partial charge < -0.3 is 5.73 Å². The van der Waals surface area contributed by atoms with Crippen LogP contribution in [0.4, 0.5) is 0 Å². The molecule has 1 saturated carbocycles. The highest BCUT2D eigenvalue weighted by Gasteiger charge is 2.39. The van der Waals surface area contributed by atoms with Crippen LogP contribution >= 0.6 is 11.3 Å². The molecule has 0 aliphatic heterocycles. The lowest BCUT2D eigenvalue weighted by Gasteiger charge is -2.09. The summed E-state index contributed by atoms with van der Waals surface area (Å²) in [6.45, 7) is 2.05. The van der Waals surface area contributed by atoms with E-state index in [0.29, 0.717) is 0 Å². The number of aromatic nitrogens is 1. The fourth-order valence-corrected chi connectivity index (χ4v) is 2.77. The standard InChI is InChI=1S/C13H14N2S/c1-9-12(16-8-15-9)10-2-4-11(5-3-10)13(14)6-7-13/h2-5,8H,6-7,14H2,1H3. The Labute approximate surface area is 99.1 Å². The van der Waals surface area contributed by atoms with E-state index in [4.69, 9.17) is 5.73 Å². The van der Waals surface area contributed by atoms with Crippen LogP contribution in [0.15, 0.2) is 29.8 Å². The van der Waals surface area contributed by atoms with Crippen LogP contribution in [0.2, 0.25) is 0 Å². The van der Waals surface area contributed by atoms with Crippen molar-refractivity contribution in [3.05, 3.63) is 41.0 Å². The molecule has 16 heavy (non-hydrogen) atoms. The fourth-order valence-electron chi connectivity index (χ4n) is 1.96. The van der Waals surface area contributed by atoms with Gasteiger partial charge in [0.25, 0.3) is 0 Å². The lowest BCUT2D eigenvalue weighted by Crippen LogP contribution is -2.18. The Bertz CT molecular complexity index is 509. The normalized spacial score (nSPS) is 17.4. The second-order valence-electron chi connectivity index (χ2n) is 4.50. The van der Waals surface area contributed by atoms with Crippen LogP contribution in [0, 0.1) is 6.92 Å². The minimum Gasteiger partial charge on any atom is -0.321 e. The molecule has 1 aromatic heterocycles. The van der Waals surface area contributed by atoms with Gasteiger partial charge in [0, 0.05) is 5.54 Å². The minimum atomic E-state index is -0.0265. The molecule has 0 unspecified atom stereocenters. The molecule has 0 saturated heterocycles. The molecule has 1 aromatic carbocycles. The van der Waals surface area contributed by atoms with Crippen LogP contribution in [-0.2, 0) is 5.54 Å². The van der Waals surface area contributed by atoms with Crippen molar-refractivity contribution in [3.63, 3.8) is 0 Å². The molecular formula is C13H14N2S. The third-order valence-electron chi connectivity index (χ3n) is 3.26. The number of aryl methyl sites for hydroxylation is 1. The van der Waals surface area contributed by atoms with E-state index >= 15 is 0 Å². The molecule has 0 amide bonds. The van der Waals surface area contributed by atoms with Gasteiger partial charge in [-0.25, -0.2) is 4.98 Å². The summed E-state index contributed by atoms with van der Waals surface area (Å²) in [6, 6.07) is 8.62. The number of nitrogens with two attached hydrogens (primary N) is 1. The third-order valence-corrected chi connectivity index (χ3v) is 4.23. The van der Waals surface area contributed by atoms with Gasteiger partial charge in [-0.05, 0) is 30.9 Å². The topological polar surface area (TPSA) is 38.9 Å². The Kier molecular flexibility index (Phi) is 2.13. The highest BCUT2D eigenvalue weighted by molar-refractivity contribution is 7.13. The van der Waals surface area contributed by atoms with Gasteiger partial charge in [0.2, 0.25) is 0 Å². The lowest BCUT2D eigenvalue weighted by atomic mass is 10.0. The van der Waals surface area contributed by atoms with Crippen molar-refractivity contribution in [2.24, 2.45) is 5.73 Å². The molecular weight excluding hydrogens is 216 g/mol. The maximum Gasteiger partial charge on any atom is 0.0801 e. The molecule has 1 heterocycles. The molecule has 1 aliphatic carbocycles. The summed E-state index contributed by atoms with van der Waals surface area (Å²) in [7, 11) is 0. The first kappa shape index (κ1) is 10.00. The average Bonchev–Trinajstić information content (AvgIpc) is 2.90. The summed E-state index contributed by atoms with van der Waals surface area (Å²) in [5.41, 5.74) is 11.6. The molecule has 1 aliphatic rings. The highest BCUT2D eigenvalue weighted by atomic mass is 32.1. The van der Waals surface area contributed by atoms with Gasteiger partial charge in [-0.3, -0.25) is 0 Å². The van der Waals surface area contributed by atoms with Gasteiger partial charge in [-0.2, -0.15) is 0 Å². The highest BCUT2D eigenvalue weighted by Crippen LogP contribution is 2.43. The Morgan fingerprint density at radius 1 is 1.25 bits per heavy atom. The summed E-state index contributed by atoms with van der Waals surface area (Å²) in [5.74, 6) is 0. The van der Waals surface area contributed by atoms with Crippen LogP contribution in [0.1, 0.15) is 24.1 Å². The van der Waals surface area contributed by atoms with Crippen molar-refractivity contribution in [1.29, 1.82) is 0 Å². The summed E-state index contributed by atoms with van der Waals surface area (Å²) in [5, 5.41) is 0. The third kappa shape index (κ3) is 1.56. The molecule has 2 nitrogen and oxygen atoms in total. The summed E-state index contributed by atoms with van der Waals surface area (Å²) < 4.78 is 0. The van der Waals surface area contributed by atoms with Crippen molar-refractivity contribution in [3.8, 4) is 10.4 Å². The molecule has 3 heteroatoms. The van der Waals surface area contributed by atoms with Crippen LogP contribution in [0.3, 0.4) is 0 Å². The lowest BCUT2D eigenvalue weighted by molar-refractivity contribution is 0.740. The molecule has 0 atom stereocenters. The van der Waals surface area contributed by atoms with E-state index in [-0.39, 0.29) is 5.54 Å². The second-order valence-corrected chi connectivity index (χ2v) is 5.36. The van der Waals surface area contributed by atoms with Crippen LogP contribution < -0.4 is 5.73 Å². The maximum absolute atomic E-state index is 6.16. The van der Waals surface area contributed by atoms with Crippen molar-refractivity contribution in [2.45, 2.75) is 25.3 Å². The Morgan fingerprint density at radius 3 is 2.44 bits per heavy atom. The van der Waals surface area contributed by atoms with Crippen molar-refractivity contribution < 1.29 is 0 Å². The van der Waals surface area contributed by atoms with Crippen molar-refractivity contribution in [1.82, 2.24) is 4.98 Å². The van der Waals surface area contributed by atoms with Gasteiger partial charge in [-0.15, -0.1) is 11.3 Å². The van der Waals surface area contributed by atoms with Crippen molar-refractivity contribution >= 4 is 11.3 Å². The number of thiazole rings is 1. The predicted octanol–water partition coefficient (Wildman–Crippen LogP) is 3.07. The first-order valence-corrected chi connectivity index (χ1v) is 6.37. The molecule has 0 spiro atoms. The molecule has 82 valence electrons. The van der Waals surface area contributed by atoms with Crippen molar-refractivity contribution in [2.75, 3.05) is 0 Å². The number of hydrogen-bond acceptors (Lipinski definition) is 3. The molecule has 2 aromatic rings. The van der Waals surface area contributed by atoms with Gasteiger partial charge in [0.15, 0.2) is 0 Å². The van der Waals surface area contributed by atoms with Gasteiger partial charge in [0.05, 0.1) is 16.1 Å². The van der Waals surface area contributed by atoms with Gasteiger partial charge in [-0.1, -0.05) is 24.3 Å². The molecule has 2 N–H and O–H groups in total. The zero-order valence-corrected chi connectivity index (χ0v) is 10.1. The SMILES string of the molecule is Cc1ncsc1-c1ccc(C2(N)CC2)cc1. The zero-order valence-electron chi connectivity index (χ0n) is 9.23. The molecule has 3 rings (SSSR count). The predicted molar refractivity (Wildman–Crippen MR) is 67.4 cm³/mol. The van der Waals surface area contributed by atoms with E-state index < -0.39 is 0 Å². The van der Waals surface area contributed by atoms with E-state index in [0.717, 1.165) is 18.5 Å². The van der Waals surface area contributed by atoms with Crippen LogP contribution in [0.25, 0.3) is 10.4 Å². The van der Waals surface area contributed by atoms with Crippen LogP contribution in [0.5, 0.6) is 0 Å². The number of benzene rings is 1. The number of hydrogen-bond donors (Lipinski definition) is 1. The molecule has 0 bridgehead atoms. The average molecular weight is 230 g/mol. The molecule has 1 fully saturated rings. The molecule has 0 radical (unpaired) electrons. The minimum absolute atomic E-state index is 0.0265. The van der Waals surface area contributed by atoms with E-state index in [1.54, 1.807) is 11.3 Å². The Morgan fingerprint density at radius 2 is 1.94 bits per heavy atom. The number of rotatable bonds is 2. The van der Waals surface area contributed by atoms with E-state index in [9.17, 15) is 0 Å². The first-order chi connectivity index (χ1) is 7.69. The fraction of sp³-hybridized carbons (Fsp3) is 0.308. The quantitative estimate of drug-likeness (QED) is 0.861. The maximum atomic E-state index is 6.16. The monoisotopic (exact) mass is 230 g/mol. The van der Waals surface area contributed by atoms with E-state index in [1.807, 2.05) is 12.4 Å². The Balaban J connectivity index is 1.96.